The molecule has 486 valence electrons. The number of rotatable bonds is 26. The number of primary amides is 1. The third kappa shape index (κ3) is 26.1. The molecule has 32 nitrogen and oxygen atoms in total. The maximum Gasteiger partial charge on any atom is 0.315 e. The molecule has 6 rings (SSSR count). The number of aliphatic imine (C=N–C) groups is 1. The van der Waals surface area contributed by atoms with Crippen LogP contribution < -0.4 is 59.7 Å². The standard InChI is InChI=1S/C53H81N19O13S.C2H6/c54-49(79)32-6-3-4-12-72-27-36(70-71-72)22-39(67-47(78)28-85-17-16-84-15-14-83-13-11-59-44(75)9-2-1-8-43-48-40(29-86-43)68-53(82)69-48)42(74)20-33(18-34-23-57-30-63-34)50(80)61-25-45(76)65-37(7-5-10-60-52(55)56)51(81)62-26-46(77)66-38(41(73)19-32)21-35-24-58-31-64-35;1-2/h23-24,27,30-33,37-40,43,48H,1-22,25-26,28-29H2,(H2,54,79)(H,57,63)(H,58,64)(H,59,75)(H,61,80)(H,62,81)(H,65,76)(H,66,77)(H,67,78)(H4,55,56,60)(H2,68,69,82);1-2H3/t32-,33-,37+,38+,39+,40-,43-,48-;/m1./s1. The number of amides is 9. The number of aromatic nitrogens is 7. The van der Waals surface area contributed by atoms with Crippen molar-refractivity contribution in [2.24, 2.45) is 34.0 Å². The number of H-pyrrole nitrogens is 2. The first-order valence-corrected chi connectivity index (χ1v) is 30.9. The fraction of sp³-hybridized carbons (Fsp3) is 0.655. The number of nitrogens with two attached hydrogens (primary N) is 3. The van der Waals surface area contributed by atoms with Crippen LogP contribution in [0.3, 0.4) is 0 Å². The number of carbonyl (C=O) groups is 10. The highest BCUT2D eigenvalue weighted by Gasteiger charge is 2.42. The molecule has 6 heterocycles. The van der Waals surface area contributed by atoms with E-state index in [0.717, 1.165) is 25.0 Å². The molecule has 0 saturated carbocycles. The van der Waals surface area contributed by atoms with Gasteiger partial charge in [0.15, 0.2) is 17.5 Å². The molecular weight excluding hydrogens is 1170 g/mol. The van der Waals surface area contributed by atoms with Crippen LogP contribution in [0.2, 0.25) is 0 Å². The molecule has 88 heavy (non-hydrogen) atoms. The second-order valence-electron chi connectivity index (χ2n) is 21.1. The van der Waals surface area contributed by atoms with Gasteiger partial charge in [0.25, 0.3) is 0 Å². The van der Waals surface area contributed by atoms with E-state index >= 15 is 0 Å². The van der Waals surface area contributed by atoms with Gasteiger partial charge >= 0.3 is 6.03 Å². The van der Waals surface area contributed by atoms with Crippen LogP contribution in [0, 0.1) is 11.8 Å². The molecule has 2 fully saturated rings. The molecule has 8 atom stereocenters. The summed E-state index contributed by atoms with van der Waals surface area (Å²) in [6, 6.07) is -3.45. The predicted molar refractivity (Wildman–Crippen MR) is 320 cm³/mol. The molecule has 2 saturated heterocycles. The lowest BCUT2D eigenvalue weighted by Gasteiger charge is -2.22. The van der Waals surface area contributed by atoms with Crippen molar-refractivity contribution in [1.82, 2.24) is 77.5 Å². The van der Waals surface area contributed by atoms with Crippen molar-refractivity contribution < 1.29 is 62.2 Å². The van der Waals surface area contributed by atoms with E-state index in [1.165, 1.54) is 29.7 Å². The van der Waals surface area contributed by atoms with E-state index < -0.39 is 103 Å². The quantitative estimate of drug-likeness (QED) is 0.0167. The Morgan fingerprint density at radius 3 is 2.11 bits per heavy atom. The van der Waals surface area contributed by atoms with E-state index in [-0.39, 0.29) is 115 Å². The second kappa shape index (κ2) is 39.0. The Morgan fingerprint density at radius 1 is 0.739 bits per heavy atom. The Bertz CT molecular complexity index is 2730. The molecule has 3 aromatic heterocycles. The number of nitrogens with zero attached hydrogens (tertiary/aromatic N) is 6. The second-order valence-corrected chi connectivity index (χ2v) is 22.4. The van der Waals surface area contributed by atoms with Gasteiger partial charge in [-0.15, -0.1) is 5.10 Å². The van der Waals surface area contributed by atoms with Gasteiger partial charge in [-0.3, -0.25) is 52.8 Å². The molecule has 0 radical (unpaired) electrons. The number of aromatic amines is 2. The number of ketones is 2. The summed E-state index contributed by atoms with van der Waals surface area (Å²) in [5, 5.41) is 30.5. The number of fused-ring (bicyclic) bond motifs is 3. The van der Waals surface area contributed by atoms with Crippen LogP contribution in [0.1, 0.15) is 102 Å². The van der Waals surface area contributed by atoms with Crippen LogP contribution in [0.15, 0.2) is 36.2 Å². The number of hydrogen-bond acceptors (Lipinski definition) is 19. The largest absolute Gasteiger partial charge is 0.377 e. The number of unbranched alkanes of at least 4 members (excludes halogenated alkanes) is 1. The lowest BCUT2D eigenvalue weighted by atomic mass is 9.91. The number of thioether (sulfide) groups is 1. The first kappa shape index (κ1) is 70.7. The van der Waals surface area contributed by atoms with Crippen molar-refractivity contribution >= 4 is 76.7 Å². The number of guanidine groups is 1. The highest BCUT2D eigenvalue weighted by molar-refractivity contribution is 8.00. The molecule has 2 bridgehead atoms. The Balaban J connectivity index is 0.00000698. The summed E-state index contributed by atoms with van der Waals surface area (Å²) in [5.41, 5.74) is 18.0. The summed E-state index contributed by atoms with van der Waals surface area (Å²) in [4.78, 5) is 150. The minimum Gasteiger partial charge on any atom is -0.377 e. The summed E-state index contributed by atoms with van der Waals surface area (Å²) in [7, 11) is 0. The maximum absolute atomic E-state index is 14.4. The summed E-state index contributed by atoms with van der Waals surface area (Å²) in [6.45, 7) is 3.92. The summed E-state index contributed by atoms with van der Waals surface area (Å²) >= 11 is 1.85. The van der Waals surface area contributed by atoms with E-state index in [1.54, 1.807) is 6.20 Å². The molecule has 3 aromatic rings. The molecule has 0 spiro atoms. The monoisotopic (exact) mass is 1250 g/mol. The highest BCUT2D eigenvalue weighted by Crippen LogP contribution is 2.33. The Kier molecular flexibility index (Phi) is 31.3. The van der Waals surface area contributed by atoms with Gasteiger partial charge in [0.05, 0.1) is 94.6 Å². The van der Waals surface area contributed by atoms with Crippen LogP contribution in [0.4, 0.5) is 4.79 Å². The summed E-state index contributed by atoms with van der Waals surface area (Å²) < 4.78 is 18.2. The molecule has 3 aliphatic rings. The third-order valence-electron chi connectivity index (χ3n) is 14.4. The molecule has 0 unspecified atom stereocenters. The number of urea groups is 1. The fourth-order valence-corrected chi connectivity index (χ4v) is 11.4. The van der Waals surface area contributed by atoms with Gasteiger partial charge in [-0.25, -0.2) is 14.8 Å². The zero-order valence-electron chi connectivity index (χ0n) is 50.0. The first-order valence-electron chi connectivity index (χ1n) is 29.8. The lowest BCUT2D eigenvalue weighted by molar-refractivity contribution is -0.134. The van der Waals surface area contributed by atoms with Crippen molar-refractivity contribution in [2.45, 2.75) is 146 Å². The van der Waals surface area contributed by atoms with Crippen molar-refractivity contribution in [3.63, 3.8) is 0 Å². The number of imidazole rings is 2. The normalized spacial score (nSPS) is 22.6. The third-order valence-corrected chi connectivity index (χ3v) is 15.9. The number of ether oxygens (including phenoxy) is 3. The average molecular weight is 1250 g/mol. The van der Waals surface area contributed by atoms with Crippen molar-refractivity contribution in [3.05, 3.63) is 48.3 Å². The molecule has 9 amide bonds. The average Bonchev–Trinajstić information content (AvgIpc) is 4.24. The minimum absolute atomic E-state index is 0.0114. The molecular formula is C55H87N19O13S. The van der Waals surface area contributed by atoms with Crippen LogP contribution in [0.25, 0.3) is 0 Å². The van der Waals surface area contributed by atoms with Crippen molar-refractivity contribution in [1.29, 1.82) is 0 Å². The Morgan fingerprint density at radius 2 is 1.42 bits per heavy atom. The SMILES string of the molecule is CC.NC(=O)[C@@H]1CCCCn2cc(nn2)C[C@H](NC(=O)COCCOCCOCCNC(=O)CCCC[C@H]2SC[C@H]3NC(=O)N[C@H]32)C(=O)C[C@@H](Cc2cnc[nH]2)C(=O)NCC(=O)N[C@@H](CCCN=C(N)N)C(=O)NCC(=O)N[C@@H](Cc2cnc[nH]2)C(=O)C1. The van der Waals surface area contributed by atoms with Crippen molar-refractivity contribution in [2.75, 3.05) is 71.6 Å². The number of hydrogen-bond donors (Lipinski definition) is 13. The topological polar surface area (TPSA) is 473 Å². The van der Waals surface area contributed by atoms with Crippen LogP contribution in [0.5, 0.6) is 0 Å². The summed E-state index contributed by atoms with van der Waals surface area (Å²) in [5.74, 6) is -6.85. The van der Waals surface area contributed by atoms with E-state index in [1.807, 2.05) is 25.6 Å². The molecule has 0 aromatic carbocycles. The van der Waals surface area contributed by atoms with E-state index in [9.17, 15) is 47.9 Å². The van der Waals surface area contributed by atoms with Crippen LogP contribution in [-0.4, -0.2) is 207 Å². The zero-order valence-corrected chi connectivity index (χ0v) is 50.8. The lowest BCUT2D eigenvalue weighted by Crippen LogP contribution is -2.52. The molecule has 33 heteroatoms. The predicted octanol–water partition coefficient (Wildman–Crippen LogP) is -2.77. The van der Waals surface area contributed by atoms with Crippen LogP contribution >= 0.6 is 11.8 Å². The van der Waals surface area contributed by atoms with Gasteiger partial charge < -0.3 is 83.9 Å². The van der Waals surface area contributed by atoms with Gasteiger partial charge in [-0.05, 0) is 38.5 Å². The Labute approximate surface area is 514 Å². The van der Waals surface area contributed by atoms with Crippen LogP contribution in [-0.2, 0) is 83.2 Å². The van der Waals surface area contributed by atoms with Gasteiger partial charge in [0, 0.05) is 105 Å². The number of nitrogens with one attached hydrogen (secondary N) is 10. The number of Topliss-reactive ketones (excluding diaryl/α,β-unsaturated/α-hetero) is 2. The van der Waals surface area contributed by atoms with Crippen molar-refractivity contribution in [3.8, 4) is 0 Å². The molecule has 3 aliphatic heterocycles. The summed E-state index contributed by atoms with van der Waals surface area (Å²) in [6.07, 6.45) is 10.7. The number of aryl methyl sites for hydroxylation is 1. The smallest absolute Gasteiger partial charge is 0.315 e. The van der Waals surface area contributed by atoms with Gasteiger partial charge in [-0.2, -0.15) is 11.8 Å². The van der Waals surface area contributed by atoms with E-state index in [4.69, 9.17) is 31.4 Å². The molecule has 0 aliphatic carbocycles. The van der Waals surface area contributed by atoms with Gasteiger partial charge in [0.1, 0.15) is 12.6 Å². The number of carbonyl (C=O) groups excluding carboxylic acids is 10. The maximum atomic E-state index is 14.4. The van der Waals surface area contributed by atoms with Gasteiger partial charge in [0.2, 0.25) is 41.4 Å². The fourth-order valence-electron chi connectivity index (χ4n) is 9.89. The minimum atomic E-state index is -1.26. The zero-order chi connectivity index (χ0) is 63.6. The van der Waals surface area contributed by atoms with Gasteiger partial charge in [-0.1, -0.05) is 31.9 Å². The molecule has 16 N–H and O–H groups in total. The van der Waals surface area contributed by atoms with E-state index in [0.29, 0.717) is 54.7 Å². The Hall–Kier alpha value is -8.04. The first-order chi connectivity index (χ1) is 42.5. The van der Waals surface area contributed by atoms with E-state index in [2.05, 4.69) is 77.8 Å². The highest BCUT2D eigenvalue weighted by atomic mass is 32.2.